The number of imide groups is 1. The average molecular weight is 284 g/mol. The van der Waals surface area contributed by atoms with E-state index < -0.39 is 11.9 Å². The quantitative estimate of drug-likeness (QED) is 0.809. The van der Waals surface area contributed by atoms with E-state index in [9.17, 15) is 14.7 Å². The van der Waals surface area contributed by atoms with Crippen molar-refractivity contribution in [2.75, 3.05) is 0 Å². The van der Waals surface area contributed by atoms with Crippen molar-refractivity contribution in [1.29, 1.82) is 0 Å². The number of aryl methyl sites for hydroxylation is 1. The Balaban J connectivity index is 1.92. The van der Waals surface area contributed by atoms with E-state index in [-0.39, 0.29) is 11.3 Å². The van der Waals surface area contributed by atoms with Crippen molar-refractivity contribution < 1.29 is 14.7 Å². The molecule has 0 unspecified atom stereocenters. The first kappa shape index (κ1) is 14.6. The van der Waals surface area contributed by atoms with Crippen molar-refractivity contribution in [1.82, 2.24) is 10.6 Å². The lowest BCUT2D eigenvalue weighted by Gasteiger charge is -2.09. The van der Waals surface area contributed by atoms with E-state index in [0.29, 0.717) is 6.54 Å². The number of hydrogen-bond acceptors (Lipinski definition) is 3. The third-order valence-corrected chi connectivity index (χ3v) is 3.08. The largest absolute Gasteiger partial charge is 0.507 e. The summed E-state index contributed by atoms with van der Waals surface area (Å²) in [5.74, 6) is -0.808. The molecule has 108 valence electrons. The molecular weight excluding hydrogens is 268 g/mol. The summed E-state index contributed by atoms with van der Waals surface area (Å²) >= 11 is 0. The number of aromatic hydroxyl groups is 1. The predicted octanol–water partition coefficient (Wildman–Crippen LogP) is 2.34. The second-order valence-electron chi connectivity index (χ2n) is 4.58. The fraction of sp³-hybridized carbons (Fsp3) is 0.125. The van der Waals surface area contributed by atoms with Gasteiger partial charge in [-0.3, -0.25) is 10.1 Å². The third kappa shape index (κ3) is 3.82. The summed E-state index contributed by atoms with van der Waals surface area (Å²) in [7, 11) is 0. The Bertz CT molecular complexity index is 668. The molecule has 0 aliphatic carbocycles. The Morgan fingerprint density at radius 1 is 1.05 bits per heavy atom. The summed E-state index contributed by atoms with van der Waals surface area (Å²) in [6.45, 7) is 2.27. The zero-order valence-electron chi connectivity index (χ0n) is 11.6. The maximum absolute atomic E-state index is 11.8. The molecule has 0 spiro atoms. The van der Waals surface area contributed by atoms with Crippen LogP contribution in [-0.4, -0.2) is 17.0 Å². The molecule has 0 saturated carbocycles. The predicted molar refractivity (Wildman–Crippen MR) is 79.0 cm³/mol. The minimum Gasteiger partial charge on any atom is -0.507 e. The van der Waals surface area contributed by atoms with Gasteiger partial charge >= 0.3 is 6.03 Å². The van der Waals surface area contributed by atoms with Gasteiger partial charge in [0.2, 0.25) is 0 Å². The molecular formula is C16H16N2O3. The molecule has 0 heterocycles. The molecule has 0 aliphatic heterocycles. The molecule has 5 nitrogen and oxygen atoms in total. The van der Waals surface area contributed by atoms with Crippen LogP contribution in [0, 0.1) is 6.92 Å². The van der Waals surface area contributed by atoms with E-state index in [1.54, 1.807) is 12.1 Å². The maximum Gasteiger partial charge on any atom is 0.321 e. The second-order valence-corrected chi connectivity index (χ2v) is 4.58. The highest BCUT2D eigenvalue weighted by Gasteiger charge is 2.13. The van der Waals surface area contributed by atoms with Crippen LogP contribution < -0.4 is 10.6 Å². The number of rotatable bonds is 3. The maximum atomic E-state index is 11.8. The Morgan fingerprint density at radius 2 is 1.71 bits per heavy atom. The molecule has 0 atom stereocenters. The highest BCUT2D eigenvalue weighted by Crippen LogP contribution is 2.14. The molecule has 0 bridgehead atoms. The number of phenols is 1. The third-order valence-electron chi connectivity index (χ3n) is 3.08. The summed E-state index contributed by atoms with van der Waals surface area (Å²) in [5.41, 5.74) is 2.09. The van der Waals surface area contributed by atoms with Crippen LogP contribution in [0.25, 0.3) is 0 Å². The van der Waals surface area contributed by atoms with E-state index in [2.05, 4.69) is 10.6 Å². The topological polar surface area (TPSA) is 78.4 Å². The molecule has 5 heteroatoms. The van der Waals surface area contributed by atoms with Gasteiger partial charge in [0.05, 0.1) is 5.56 Å². The van der Waals surface area contributed by atoms with Gasteiger partial charge in [0.1, 0.15) is 5.75 Å². The van der Waals surface area contributed by atoms with Crippen LogP contribution in [0.3, 0.4) is 0 Å². The monoisotopic (exact) mass is 284 g/mol. The van der Waals surface area contributed by atoms with Crippen molar-refractivity contribution in [3.8, 4) is 5.75 Å². The number of amides is 3. The normalized spacial score (nSPS) is 9.95. The summed E-state index contributed by atoms with van der Waals surface area (Å²) in [6, 6.07) is 13.1. The molecule has 2 aromatic rings. The lowest BCUT2D eigenvalue weighted by atomic mass is 10.1. The van der Waals surface area contributed by atoms with E-state index in [0.717, 1.165) is 11.1 Å². The average Bonchev–Trinajstić information content (AvgIpc) is 2.46. The lowest BCUT2D eigenvalue weighted by molar-refractivity contribution is 0.0961. The van der Waals surface area contributed by atoms with Crippen molar-refractivity contribution in [3.63, 3.8) is 0 Å². The molecule has 2 aromatic carbocycles. The Labute approximate surface area is 122 Å². The number of benzene rings is 2. The first-order chi connectivity index (χ1) is 10.1. The summed E-state index contributed by atoms with van der Waals surface area (Å²) < 4.78 is 0. The zero-order valence-corrected chi connectivity index (χ0v) is 11.6. The van der Waals surface area contributed by atoms with Gasteiger partial charge in [-0.2, -0.15) is 0 Å². The molecule has 0 fully saturated rings. The molecule has 0 aromatic heterocycles. The van der Waals surface area contributed by atoms with Gasteiger partial charge in [-0.15, -0.1) is 0 Å². The molecule has 0 saturated heterocycles. The molecule has 2 rings (SSSR count). The fourth-order valence-corrected chi connectivity index (χ4v) is 1.86. The van der Waals surface area contributed by atoms with Crippen LogP contribution in [0.15, 0.2) is 48.5 Å². The number of hydrogen-bond donors (Lipinski definition) is 3. The van der Waals surface area contributed by atoms with Gasteiger partial charge in [-0.25, -0.2) is 4.79 Å². The first-order valence-corrected chi connectivity index (χ1v) is 6.49. The second kappa shape index (κ2) is 6.56. The van der Waals surface area contributed by atoms with Crippen LogP contribution in [0.1, 0.15) is 21.5 Å². The Kier molecular flexibility index (Phi) is 4.56. The van der Waals surface area contributed by atoms with Gasteiger partial charge in [-0.05, 0) is 30.2 Å². The van der Waals surface area contributed by atoms with Crippen molar-refractivity contribution in [3.05, 3.63) is 65.2 Å². The van der Waals surface area contributed by atoms with Gasteiger partial charge in [0.25, 0.3) is 5.91 Å². The number of phenolic OH excluding ortho intramolecular Hbond substituents is 1. The van der Waals surface area contributed by atoms with Gasteiger partial charge < -0.3 is 10.4 Å². The van der Waals surface area contributed by atoms with Crippen molar-refractivity contribution in [2.45, 2.75) is 13.5 Å². The highest BCUT2D eigenvalue weighted by atomic mass is 16.3. The number of para-hydroxylation sites is 1. The van der Waals surface area contributed by atoms with E-state index in [4.69, 9.17) is 0 Å². The lowest BCUT2D eigenvalue weighted by Crippen LogP contribution is -2.39. The van der Waals surface area contributed by atoms with Crippen molar-refractivity contribution in [2.24, 2.45) is 0 Å². The molecule has 3 N–H and O–H groups in total. The van der Waals surface area contributed by atoms with Crippen LogP contribution in [0.5, 0.6) is 5.75 Å². The van der Waals surface area contributed by atoms with Gasteiger partial charge in [-0.1, -0.05) is 36.4 Å². The Hall–Kier alpha value is -2.82. The molecule has 3 amide bonds. The highest BCUT2D eigenvalue weighted by molar-refractivity contribution is 6.05. The van der Waals surface area contributed by atoms with Gasteiger partial charge in [0.15, 0.2) is 0 Å². The molecule has 21 heavy (non-hydrogen) atoms. The number of nitrogens with one attached hydrogen (secondary N) is 2. The zero-order chi connectivity index (χ0) is 15.2. The van der Waals surface area contributed by atoms with Crippen LogP contribution in [0.2, 0.25) is 0 Å². The number of carbonyl (C=O) groups is 2. The van der Waals surface area contributed by atoms with Crippen LogP contribution >= 0.6 is 0 Å². The number of carbonyl (C=O) groups excluding carboxylic acids is 2. The summed E-state index contributed by atoms with van der Waals surface area (Å²) in [5, 5.41) is 14.3. The van der Waals surface area contributed by atoms with Gasteiger partial charge in [0, 0.05) is 6.54 Å². The SMILES string of the molecule is Cc1ccccc1CNC(=O)NC(=O)c1ccccc1O. The van der Waals surface area contributed by atoms with Crippen LogP contribution in [-0.2, 0) is 6.54 Å². The minimum absolute atomic E-state index is 0.0588. The van der Waals surface area contributed by atoms with E-state index in [1.807, 2.05) is 31.2 Å². The molecule has 0 radical (unpaired) electrons. The van der Waals surface area contributed by atoms with Crippen LogP contribution in [0.4, 0.5) is 4.79 Å². The first-order valence-electron chi connectivity index (χ1n) is 6.49. The smallest absolute Gasteiger partial charge is 0.321 e. The standard InChI is InChI=1S/C16H16N2O3/c1-11-6-2-3-7-12(11)10-17-16(21)18-15(20)13-8-4-5-9-14(13)19/h2-9,19H,10H2,1H3,(H2,17,18,20,21). The van der Waals surface area contributed by atoms with E-state index in [1.165, 1.54) is 12.1 Å². The minimum atomic E-state index is -0.643. The van der Waals surface area contributed by atoms with Crippen molar-refractivity contribution >= 4 is 11.9 Å². The van der Waals surface area contributed by atoms with E-state index >= 15 is 0 Å². The fourth-order valence-electron chi connectivity index (χ4n) is 1.86. The summed E-state index contributed by atoms with van der Waals surface area (Å²) in [4.78, 5) is 23.5. The Morgan fingerprint density at radius 3 is 2.43 bits per heavy atom. The summed E-state index contributed by atoms with van der Waals surface area (Å²) in [6.07, 6.45) is 0. The molecule has 0 aliphatic rings. The number of urea groups is 1.